The van der Waals surface area contributed by atoms with E-state index in [1.807, 2.05) is 47.2 Å². The average Bonchev–Trinajstić information content (AvgIpc) is 3.60. The third-order valence-corrected chi connectivity index (χ3v) is 7.62. The summed E-state index contributed by atoms with van der Waals surface area (Å²) in [5.74, 6) is 0.433. The summed E-state index contributed by atoms with van der Waals surface area (Å²) in [4.78, 5) is 21.9. The van der Waals surface area contributed by atoms with Crippen molar-refractivity contribution < 1.29 is 22.7 Å². The number of ether oxygens (including phenoxy) is 1. The maximum absolute atomic E-state index is 12.7. The number of benzene rings is 3. The lowest BCUT2D eigenvalue weighted by Crippen LogP contribution is -2.22. The molecule has 226 valence electrons. The van der Waals surface area contributed by atoms with Crippen LogP contribution in [0.2, 0.25) is 0 Å². The van der Waals surface area contributed by atoms with Crippen LogP contribution in [0.4, 0.5) is 18.0 Å². The van der Waals surface area contributed by atoms with E-state index in [-0.39, 0.29) is 5.75 Å². The molecule has 5 rings (SSSR count). The number of nitrogens with one attached hydrogen (secondary N) is 1. The van der Waals surface area contributed by atoms with Crippen molar-refractivity contribution in [1.82, 2.24) is 24.6 Å². The second kappa shape index (κ2) is 12.7. The van der Waals surface area contributed by atoms with Gasteiger partial charge in [0.2, 0.25) is 0 Å². The topological polar surface area (TPSA) is 86.3 Å². The molecule has 0 aliphatic heterocycles. The number of carbonyl (C=O) groups excluding carboxylic acids is 1. The zero-order chi connectivity index (χ0) is 31.4. The highest BCUT2D eigenvalue weighted by atomic mass is 32.1. The van der Waals surface area contributed by atoms with Crippen LogP contribution >= 0.6 is 11.3 Å². The smallest absolute Gasteiger partial charge is 0.406 e. The average molecular weight is 619 g/mol. The fourth-order valence-electron chi connectivity index (χ4n) is 4.77. The van der Waals surface area contributed by atoms with E-state index in [0.29, 0.717) is 22.2 Å². The molecule has 0 fully saturated rings. The van der Waals surface area contributed by atoms with Gasteiger partial charge in [0.05, 0.1) is 11.4 Å². The quantitative estimate of drug-likeness (QED) is 0.203. The number of aryl methyl sites for hydroxylation is 2. The molecule has 0 radical (unpaired) electrons. The molecule has 0 atom stereocenters. The first-order chi connectivity index (χ1) is 21.0. The summed E-state index contributed by atoms with van der Waals surface area (Å²) >= 11 is 1.41. The zero-order valence-electron chi connectivity index (χ0n) is 24.3. The van der Waals surface area contributed by atoms with Crippen LogP contribution in [0, 0.1) is 13.8 Å². The van der Waals surface area contributed by atoms with E-state index in [1.54, 1.807) is 6.08 Å². The summed E-state index contributed by atoms with van der Waals surface area (Å²) < 4.78 is 44.6. The molecule has 44 heavy (non-hydrogen) atoms. The molecule has 0 bridgehead atoms. The molecular weight excluding hydrogens is 589 g/mol. The number of hydrogen-bond acceptors (Lipinski definition) is 5. The molecule has 12 heteroatoms. The second-order valence-corrected chi connectivity index (χ2v) is 11.1. The molecule has 1 N–H and O–H groups in total. The summed E-state index contributed by atoms with van der Waals surface area (Å²) in [6, 6.07) is 18.4. The minimum Gasteiger partial charge on any atom is -0.406 e. The number of amides is 2. The molecule has 2 amide bonds. The van der Waals surface area contributed by atoms with Crippen LogP contribution in [0.25, 0.3) is 28.8 Å². The maximum atomic E-state index is 12.7. The van der Waals surface area contributed by atoms with E-state index in [2.05, 4.69) is 58.0 Å². The maximum Gasteiger partial charge on any atom is 0.573 e. The summed E-state index contributed by atoms with van der Waals surface area (Å²) in [7, 11) is 0. The molecular formula is C32H29F3N6O2S. The van der Waals surface area contributed by atoms with Gasteiger partial charge in [0.15, 0.2) is 10.6 Å². The van der Waals surface area contributed by atoms with Gasteiger partial charge in [-0.1, -0.05) is 50.2 Å². The van der Waals surface area contributed by atoms with Gasteiger partial charge < -0.3 is 10.1 Å². The standard InChI is InChI=1S/C32H29F3N6O2S/c1-20(2)28-21(3)6-5-7-27(28)41-22(4)18-44-31(41)38-30(42)36-17-16-23-8-10-24(11-9-23)29-37-19-40(39-29)25-12-14-26(15-13-25)43-32(33,34)35/h5-20H,1-4H3,(H,36,42)/b17-16+,38-31-. The van der Waals surface area contributed by atoms with E-state index < -0.39 is 12.4 Å². The Morgan fingerprint density at radius 3 is 2.45 bits per heavy atom. The lowest BCUT2D eigenvalue weighted by Gasteiger charge is -2.17. The van der Waals surface area contributed by atoms with Crippen LogP contribution in [0.5, 0.6) is 5.75 Å². The van der Waals surface area contributed by atoms with Crippen LogP contribution in [0.1, 0.15) is 42.1 Å². The number of alkyl halides is 3. The lowest BCUT2D eigenvalue weighted by molar-refractivity contribution is -0.274. The predicted octanol–water partition coefficient (Wildman–Crippen LogP) is 7.71. The Morgan fingerprint density at radius 1 is 1.05 bits per heavy atom. The van der Waals surface area contributed by atoms with Crippen molar-refractivity contribution in [3.05, 3.63) is 112 Å². The van der Waals surface area contributed by atoms with Crippen molar-refractivity contribution in [1.29, 1.82) is 0 Å². The number of halogens is 3. The molecule has 0 aliphatic rings. The Hall–Kier alpha value is -4.97. The summed E-state index contributed by atoms with van der Waals surface area (Å²) in [5, 5.41) is 9.11. The van der Waals surface area contributed by atoms with Crippen LogP contribution in [0.15, 0.2) is 89.6 Å². The summed E-state index contributed by atoms with van der Waals surface area (Å²) in [6.45, 7) is 8.40. The number of rotatable bonds is 7. The molecule has 3 aromatic carbocycles. The van der Waals surface area contributed by atoms with Gasteiger partial charge in [-0.05, 0) is 72.9 Å². The van der Waals surface area contributed by atoms with Crippen LogP contribution in [-0.2, 0) is 0 Å². The van der Waals surface area contributed by atoms with Crippen molar-refractivity contribution in [2.24, 2.45) is 4.99 Å². The van der Waals surface area contributed by atoms with Gasteiger partial charge in [0.25, 0.3) is 0 Å². The summed E-state index contributed by atoms with van der Waals surface area (Å²) in [5.41, 5.74) is 6.53. The van der Waals surface area contributed by atoms with Crippen LogP contribution in [0.3, 0.4) is 0 Å². The lowest BCUT2D eigenvalue weighted by atomic mass is 9.96. The molecule has 0 unspecified atom stereocenters. The predicted molar refractivity (Wildman–Crippen MR) is 164 cm³/mol. The third kappa shape index (κ3) is 7.14. The SMILES string of the molecule is Cc1cccc(-n2c(C)cs/c2=N\C(=O)N/C=C/c2ccc(-c3ncn(-c4ccc(OC(F)(F)F)cc4)n3)cc2)c1C(C)C. The minimum absolute atomic E-state index is 0.308. The number of hydrogen-bond donors (Lipinski definition) is 1. The Kier molecular flexibility index (Phi) is 8.81. The van der Waals surface area contributed by atoms with Crippen LogP contribution < -0.4 is 14.9 Å². The summed E-state index contributed by atoms with van der Waals surface area (Å²) in [6.07, 6.45) is 0.00960. The van der Waals surface area contributed by atoms with Gasteiger partial charge in [0.1, 0.15) is 12.1 Å². The monoisotopic (exact) mass is 618 g/mol. The second-order valence-electron chi connectivity index (χ2n) is 10.2. The minimum atomic E-state index is -4.75. The number of urea groups is 1. The van der Waals surface area contributed by atoms with Crippen molar-refractivity contribution in [3.63, 3.8) is 0 Å². The normalized spacial score (nSPS) is 12.3. The fraction of sp³-hybridized carbons (Fsp3) is 0.188. The molecule has 8 nitrogen and oxygen atoms in total. The van der Waals surface area contributed by atoms with Gasteiger partial charge in [-0.2, -0.15) is 4.99 Å². The molecule has 0 saturated heterocycles. The highest BCUT2D eigenvalue weighted by molar-refractivity contribution is 7.07. The number of thiazole rings is 1. The Morgan fingerprint density at radius 2 is 1.77 bits per heavy atom. The van der Waals surface area contributed by atoms with Crippen LogP contribution in [-0.4, -0.2) is 31.7 Å². The number of carbonyl (C=O) groups is 1. The van der Waals surface area contributed by atoms with E-state index in [9.17, 15) is 18.0 Å². The first-order valence-corrected chi connectivity index (χ1v) is 14.5. The molecule has 0 spiro atoms. The van der Waals surface area contributed by atoms with E-state index >= 15 is 0 Å². The highest BCUT2D eigenvalue weighted by Crippen LogP contribution is 2.27. The van der Waals surface area contributed by atoms with Gasteiger partial charge in [0, 0.05) is 22.8 Å². The molecule has 2 aromatic heterocycles. The zero-order valence-corrected chi connectivity index (χ0v) is 25.1. The first-order valence-electron chi connectivity index (χ1n) is 13.7. The molecule has 5 aromatic rings. The molecule has 0 aliphatic carbocycles. The Labute approximate surface area is 255 Å². The number of aromatic nitrogens is 4. The van der Waals surface area contributed by atoms with Gasteiger partial charge in [-0.25, -0.2) is 14.5 Å². The van der Waals surface area contributed by atoms with Crippen molar-refractivity contribution >= 4 is 23.4 Å². The molecule has 2 heterocycles. The van der Waals surface area contributed by atoms with E-state index in [4.69, 9.17) is 0 Å². The first kappa shape index (κ1) is 30.5. The Balaban J connectivity index is 1.25. The van der Waals surface area contributed by atoms with Gasteiger partial charge in [-0.15, -0.1) is 29.6 Å². The van der Waals surface area contributed by atoms with Crippen molar-refractivity contribution in [2.45, 2.75) is 40.0 Å². The highest BCUT2D eigenvalue weighted by Gasteiger charge is 2.31. The largest absolute Gasteiger partial charge is 0.573 e. The van der Waals surface area contributed by atoms with Crippen molar-refractivity contribution in [3.8, 4) is 28.5 Å². The van der Waals surface area contributed by atoms with Crippen molar-refractivity contribution in [2.75, 3.05) is 0 Å². The van der Waals surface area contributed by atoms with E-state index in [1.165, 1.54) is 63.9 Å². The van der Waals surface area contributed by atoms with E-state index in [0.717, 1.165) is 22.5 Å². The molecule has 0 saturated carbocycles. The fourth-order valence-corrected chi connectivity index (χ4v) is 5.63. The third-order valence-electron chi connectivity index (χ3n) is 6.67. The number of nitrogens with zero attached hydrogens (tertiary/aromatic N) is 5. The Bertz CT molecular complexity index is 1870. The van der Waals surface area contributed by atoms with Gasteiger partial charge in [-0.3, -0.25) is 4.57 Å². The van der Waals surface area contributed by atoms with Gasteiger partial charge >= 0.3 is 12.4 Å².